The first kappa shape index (κ1) is 14.8. The third-order valence-corrected chi connectivity index (χ3v) is 3.21. The highest BCUT2D eigenvalue weighted by atomic mass is 19.1. The van der Waals surface area contributed by atoms with E-state index in [9.17, 15) is 18.4 Å². The highest BCUT2D eigenvalue weighted by molar-refractivity contribution is 6.09. The zero-order valence-electron chi connectivity index (χ0n) is 11.6. The standard InChI is InChI=1S/C16H13F2NO2/c1-10-3-8-13(17)14(15(10)18)16(21)11-4-6-12(7-5-11)19(2)9-20/h3-9H,1-2H3. The number of carbonyl (C=O) groups is 2. The second kappa shape index (κ2) is 5.83. The quantitative estimate of drug-likeness (QED) is 0.640. The highest BCUT2D eigenvalue weighted by Gasteiger charge is 2.20. The summed E-state index contributed by atoms with van der Waals surface area (Å²) in [5, 5.41) is 0. The van der Waals surface area contributed by atoms with E-state index >= 15 is 0 Å². The van der Waals surface area contributed by atoms with Crippen LogP contribution < -0.4 is 4.90 Å². The molecule has 21 heavy (non-hydrogen) atoms. The van der Waals surface area contributed by atoms with E-state index in [0.717, 1.165) is 6.07 Å². The van der Waals surface area contributed by atoms with Crippen LogP contribution in [0.15, 0.2) is 36.4 Å². The van der Waals surface area contributed by atoms with Crippen molar-refractivity contribution in [2.24, 2.45) is 0 Å². The van der Waals surface area contributed by atoms with Gasteiger partial charge in [0, 0.05) is 18.3 Å². The molecule has 0 bridgehead atoms. The fraction of sp³-hybridized carbons (Fsp3) is 0.125. The summed E-state index contributed by atoms with van der Waals surface area (Å²) in [6.45, 7) is 1.47. The van der Waals surface area contributed by atoms with Gasteiger partial charge in [0.15, 0.2) is 5.78 Å². The number of anilines is 1. The van der Waals surface area contributed by atoms with Crippen LogP contribution in [0.4, 0.5) is 14.5 Å². The van der Waals surface area contributed by atoms with Crippen molar-refractivity contribution < 1.29 is 18.4 Å². The van der Waals surface area contributed by atoms with Gasteiger partial charge in [-0.05, 0) is 42.8 Å². The first-order chi connectivity index (χ1) is 9.95. The molecule has 5 heteroatoms. The van der Waals surface area contributed by atoms with E-state index in [-0.39, 0.29) is 11.1 Å². The van der Waals surface area contributed by atoms with Gasteiger partial charge in [0.2, 0.25) is 6.41 Å². The molecule has 2 aromatic carbocycles. The van der Waals surface area contributed by atoms with Gasteiger partial charge in [-0.3, -0.25) is 9.59 Å². The third-order valence-electron chi connectivity index (χ3n) is 3.21. The van der Waals surface area contributed by atoms with E-state index in [0.29, 0.717) is 12.1 Å². The molecule has 0 radical (unpaired) electrons. The average molecular weight is 289 g/mol. The molecular weight excluding hydrogens is 276 g/mol. The Labute approximate surface area is 120 Å². The summed E-state index contributed by atoms with van der Waals surface area (Å²) in [5.41, 5.74) is 0.372. The Hall–Kier alpha value is -2.56. The van der Waals surface area contributed by atoms with Gasteiger partial charge in [-0.2, -0.15) is 0 Å². The van der Waals surface area contributed by atoms with Crippen LogP contribution >= 0.6 is 0 Å². The molecule has 0 saturated heterocycles. The Morgan fingerprint density at radius 2 is 1.71 bits per heavy atom. The van der Waals surface area contributed by atoms with E-state index in [1.807, 2.05) is 0 Å². The van der Waals surface area contributed by atoms with E-state index in [4.69, 9.17) is 0 Å². The summed E-state index contributed by atoms with van der Waals surface area (Å²) in [7, 11) is 1.56. The molecule has 2 aromatic rings. The van der Waals surface area contributed by atoms with E-state index < -0.39 is 23.0 Å². The van der Waals surface area contributed by atoms with Crippen molar-refractivity contribution in [1.29, 1.82) is 0 Å². The van der Waals surface area contributed by atoms with Gasteiger partial charge in [0.25, 0.3) is 0 Å². The lowest BCUT2D eigenvalue weighted by atomic mass is 10.00. The summed E-state index contributed by atoms with van der Waals surface area (Å²) in [6, 6.07) is 8.28. The lowest BCUT2D eigenvalue weighted by Crippen LogP contribution is -2.14. The Morgan fingerprint density at radius 1 is 1.10 bits per heavy atom. The normalized spacial score (nSPS) is 10.3. The molecule has 0 aliphatic heterocycles. The van der Waals surface area contributed by atoms with Crippen LogP contribution in [0.5, 0.6) is 0 Å². The molecule has 0 aliphatic rings. The van der Waals surface area contributed by atoms with Crippen LogP contribution in [0.1, 0.15) is 21.5 Å². The zero-order chi connectivity index (χ0) is 15.6. The Balaban J connectivity index is 2.41. The van der Waals surface area contributed by atoms with Gasteiger partial charge in [-0.1, -0.05) is 6.07 Å². The van der Waals surface area contributed by atoms with Crippen molar-refractivity contribution in [2.75, 3.05) is 11.9 Å². The fourth-order valence-electron chi connectivity index (χ4n) is 1.92. The van der Waals surface area contributed by atoms with Gasteiger partial charge < -0.3 is 4.90 Å². The lowest BCUT2D eigenvalue weighted by molar-refractivity contribution is -0.107. The van der Waals surface area contributed by atoms with Gasteiger partial charge in [0.1, 0.15) is 11.6 Å². The highest BCUT2D eigenvalue weighted by Crippen LogP contribution is 2.21. The summed E-state index contributed by atoms with van der Waals surface area (Å²) in [4.78, 5) is 24.2. The predicted octanol–water partition coefficient (Wildman–Crippen LogP) is 3.10. The predicted molar refractivity (Wildman–Crippen MR) is 75.4 cm³/mol. The Morgan fingerprint density at radius 3 is 2.29 bits per heavy atom. The average Bonchev–Trinajstić information content (AvgIpc) is 2.50. The maximum atomic E-state index is 13.9. The van der Waals surface area contributed by atoms with Gasteiger partial charge >= 0.3 is 0 Å². The van der Waals surface area contributed by atoms with Crippen molar-refractivity contribution in [3.63, 3.8) is 0 Å². The van der Waals surface area contributed by atoms with Crippen molar-refractivity contribution in [1.82, 2.24) is 0 Å². The molecule has 3 nitrogen and oxygen atoms in total. The number of hydrogen-bond donors (Lipinski definition) is 0. The SMILES string of the molecule is Cc1ccc(F)c(C(=O)c2ccc(N(C)C=O)cc2)c1F. The van der Waals surface area contributed by atoms with E-state index in [1.54, 1.807) is 7.05 Å². The van der Waals surface area contributed by atoms with Gasteiger partial charge in [0.05, 0.1) is 5.56 Å². The van der Waals surface area contributed by atoms with Crippen molar-refractivity contribution in [2.45, 2.75) is 6.92 Å². The third kappa shape index (κ3) is 2.81. The number of ketones is 1. The van der Waals surface area contributed by atoms with Crippen LogP contribution in [0, 0.1) is 18.6 Å². The number of carbonyl (C=O) groups excluding carboxylic acids is 2. The number of amides is 1. The second-order valence-corrected chi connectivity index (χ2v) is 4.65. The molecule has 0 N–H and O–H groups in total. The van der Waals surface area contributed by atoms with Crippen LogP contribution in [-0.4, -0.2) is 19.2 Å². The maximum Gasteiger partial charge on any atom is 0.213 e. The Bertz CT molecular complexity index is 696. The number of aryl methyl sites for hydroxylation is 1. The summed E-state index contributed by atoms with van der Waals surface area (Å²) < 4.78 is 27.7. The Kier molecular flexibility index (Phi) is 4.12. The maximum absolute atomic E-state index is 13.9. The number of rotatable bonds is 4. The van der Waals surface area contributed by atoms with Crippen molar-refractivity contribution >= 4 is 17.9 Å². The first-order valence-electron chi connectivity index (χ1n) is 6.23. The number of halogens is 2. The van der Waals surface area contributed by atoms with Crippen LogP contribution in [0.3, 0.4) is 0 Å². The summed E-state index contributed by atoms with van der Waals surface area (Å²) in [6.07, 6.45) is 0.622. The molecule has 0 saturated carbocycles. The van der Waals surface area contributed by atoms with E-state index in [1.165, 1.54) is 42.2 Å². The molecule has 0 spiro atoms. The largest absolute Gasteiger partial charge is 0.318 e. The smallest absolute Gasteiger partial charge is 0.213 e. The molecule has 1 amide bonds. The van der Waals surface area contributed by atoms with Crippen molar-refractivity contribution in [3.8, 4) is 0 Å². The first-order valence-corrected chi connectivity index (χ1v) is 6.23. The van der Waals surface area contributed by atoms with Crippen molar-refractivity contribution in [3.05, 3.63) is 64.7 Å². The molecule has 0 fully saturated rings. The minimum absolute atomic E-state index is 0.154. The minimum Gasteiger partial charge on any atom is -0.318 e. The number of hydrogen-bond acceptors (Lipinski definition) is 2. The minimum atomic E-state index is -0.891. The molecule has 0 aliphatic carbocycles. The molecule has 0 aromatic heterocycles. The molecule has 2 rings (SSSR count). The topological polar surface area (TPSA) is 37.4 Å². The number of benzene rings is 2. The van der Waals surface area contributed by atoms with Gasteiger partial charge in [-0.25, -0.2) is 8.78 Å². The summed E-state index contributed by atoms with van der Waals surface area (Å²) >= 11 is 0. The van der Waals surface area contributed by atoms with Gasteiger partial charge in [-0.15, -0.1) is 0 Å². The monoisotopic (exact) mass is 289 g/mol. The molecule has 0 atom stereocenters. The summed E-state index contributed by atoms with van der Waals surface area (Å²) in [5.74, 6) is -2.47. The number of nitrogens with zero attached hydrogens (tertiary/aromatic N) is 1. The molecule has 0 unspecified atom stereocenters. The van der Waals surface area contributed by atoms with Crippen LogP contribution in [0.25, 0.3) is 0 Å². The molecular formula is C16H13F2NO2. The molecule has 0 heterocycles. The van der Waals surface area contributed by atoms with Crippen LogP contribution in [-0.2, 0) is 4.79 Å². The zero-order valence-corrected chi connectivity index (χ0v) is 11.6. The molecule has 108 valence electrons. The van der Waals surface area contributed by atoms with Crippen LogP contribution in [0.2, 0.25) is 0 Å². The second-order valence-electron chi connectivity index (χ2n) is 4.65. The fourth-order valence-corrected chi connectivity index (χ4v) is 1.92. The lowest BCUT2D eigenvalue weighted by Gasteiger charge is -2.11. The van der Waals surface area contributed by atoms with E-state index in [2.05, 4.69) is 0 Å².